The zero-order chi connectivity index (χ0) is 34.0. The second-order valence-corrected chi connectivity index (χ2v) is 12.4. The Bertz CT molecular complexity index is 968. The molecule has 46 heavy (non-hydrogen) atoms. The highest BCUT2D eigenvalue weighted by Gasteiger charge is 2.48. The Balaban J connectivity index is 2.52. The van der Waals surface area contributed by atoms with Crippen LogP contribution in [0.3, 0.4) is 0 Å². The van der Waals surface area contributed by atoms with Crippen LogP contribution in [-0.2, 0) is 38.3 Å². The van der Waals surface area contributed by atoms with Gasteiger partial charge in [0.1, 0.15) is 30.5 Å². The van der Waals surface area contributed by atoms with Crippen molar-refractivity contribution < 1.29 is 56.2 Å². The first-order valence-electron chi connectivity index (χ1n) is 16.7. The second-order valence-electron chi connectivity index (χ2n) is 11.4. The number of allylic oxidation sites excluding steroid dienone is 6. The van der Waals surface area contributed by atoms with E-state index in [1.54, 1.807) is 0 Å². The molecule has 0 aliphatic carbocycles. The number of ether oxygens (including phenoxy) is 4. The predicted octanol–water partition coefficient (Wildman–Crippen LogP) is 4.73. The molecular formula is C33H58O12S. The van der Waals surface area contributed by atoms with Crippen molar-refractivity contribution in [1.29, 1.82) is 0 Å². The van der Waals surface area contributed by atoms with Crippen molar-refractivity contribution in [1.82, 2.24) is 0 Å². The van der Waals surface area contributed by atoms with Crippen molar-refractivity contribution in [2.24, 2.45) is 0 Å². The van der Waals surface area contributed by atoms with Gasteiger partial charge in [-0.2, -0.15) is 8.42 Å². The van der Waals surface area contributed by atoms with E-state index in [1.807, 2.05) is 0 Å². The second kappa shape index (κ2) is 26.3. The minimum atomic E-state index is -5.05. The van der Waals surface area contributed by atoms with E-state index in [-0.39, 0.29) is 19.6 Å². The highest BCUT2D eigenvalue weighted by molar-refractivity contribution is 7.80. The molecule has 1 rings (SSSR count). The van der Waals surface area contributed by atoms with Crippen molar-refractivity contribution in [3.63, 3.8) is 0 Å². The molecule has 0 spiro atoms. The van der Waals surface area contributed by atoms with Crippen LogP contribution in [0.2, 0.25) is 0 Å². The molecule has 0 aromatic carbocycles. The maximum Gasteiger partial charge on any atom is 0.397 e. The molecule has 0 amide bonds. The summed E-state index contributed by atoms with van der Waals surface area (Å²) in [6.45, 7) is 3.67. The molecule has 0 aromatic heterocycles. The average molecular weight is 679 g/mol. The summed E-state index contributed by atoms with van der Waals surface area (Å²) in [7, 11) is -5.05. The molecule has 268 valence electrons. The molecule has 0 aromatic rings. The van der Waals surface area contributed by atoms with Crippen molar-refractivity contribution >= 4 is 16.4 Å². The minimum Gasteiger partial charge on any atom is -0.457 e. The molecule has 4 N–H and O–H groups in total. The van der Waals surface area contributed by atoms with Gasteiger partial charge in [0, 0.05) is 13.0 Å². The summed E-state index contributed by atoms with van der Waals surface area (Å²) >= 11 is 0. The topological polar surface area (TPSA) is 178 Å². The Labute approximate surface area is 275 Å². The summed E-state index contributed by atoms with van der Waals surface area (Å²) in [5, 5.41) is 30.3. The van der Waals surface area contributed by atoms with Crippen molar-refractivity contribution in [3.05, 3.63) is 36.5 Å². The molecule has 1 saturated heterocycles. The number of aliphatic hydroxyl groups is 3. The molecule has 1 fully saturated rings. The molecule has 1 aliphatic heterocycles. The summed E-state index contributed by atoms with van der Waals surface area (Å²) in [6.07, 6.45) is 16.8. The van der Waals surface area contributed by atoms with Crippen LogP contribution in [0, 0.1) is 0 Å². The smallest absolute Gasteiger partial charge is 0.397 e. The van der Waals surface area contributed by atoms with Crippen molar-refractivity contribution in [3.8, 4) is 0 Å². The van der Waals surface area contributed by atoms with E-state index < -0.39 is 59.8 Å². The van der Waals surface area contributed by atoms with Crippen molar-refractivity contribution in [2.75, 3.05) is 26.4 Å². The maximum atomic E-state index is 12.5. The number of hydrogen-bond acceptors (Lipinski definition) is 11. The quantitative estimate of drug-likeness (QED) is 0.0407. The fourth-order valence-corrected chi connectivity index (χ4v) is 5.25. The Hall–Kier alpha value is -1.68. The highest BCUT2D eigenvalue weighted by atomic mass is 32.3. The molecule has 6 atom stereocenters. The van der Waals surface area contributed by atoms with Gasteiger partial charge < -0.3 is 34.3 Å². The van der Waals surface area contributed by atoms with Crippen LogP contribution in [0.4, 0.5) is 0 Å². The van der Waals surface area contributed by atoms with E-state index in [1.165, 1.54) is 0 Å². The number of esters is 1. The first-order chi connectivity index (χ1) is 22.1. The summed E-state index contributed by atoms with van der Waals surface area (Å²) in [4.78, 5) is 12.5. The molecule has 13 heteroatoms. The van der Waals surface area contributed by atoms with Crippen molar-refractivity contribution in [2.45, 2.75) is 141 Å². The van der Waals surface area contributed by atoms with E-state index in [2.05, 4.69) is 54.5 Å². The largest absolute Gasteiger partial charge is 0.457 e. The first-order valence-corrected chi connectivity index (χ1v) is 18.1. The van der Waals surface area contributed by atoms with E-state index >= 15 is 0 Å². The minimum absolute atomic E-state index is 0.0197. The van der Waals surface area contributed by atoms with Gasteiger partial charge in [0.25, 0.3) is 0 Å². The zero-order valence-electron chi connectivity index (χ0n) is 27.6. The molecule has 1 aliphatic rings. The molecule has 0 bridgehead atoms. The number of carbonyl (C=O) groups excluding carboxylic acids is 1. The third-order valence-electron chi connectivity index (χ3n) is 7.28. The normalized spacial score (nSPS) is 23.1. The van der Waals surface area contributed by atoms with Gasteiger partial charge >= 0.3 is 16.4 Å². The molecule has 0 saturated carbocycles. The van der Waals surface area contributed by atoms with Gasteiger partial charge in [-0.05, 0) is 44.9 Å². The summed E-state index contributed by atoms with van der Waals surface area (Å²) < 4.78 is 58.3. The third-order valence-corrected chi connectivity index (χ3v) is 7.74. The Kier molecular flexibility index (Phi) is 24.2. The van der Waals surface area contributed by atoms with Gasteiger partial charge in [-0.25, -0.2) is 4.18 Å². The van der Waals surface area contributed by atoms with E-state index in [0.29, 0.717) is 13.0 Å². The van der Waals surface area contributed by atoms with E-state index in [4.69, 9.17) is 23.5 Å². The number of hydrogen-bond donors (Lipinski definition) is 4. The number of unbranched alkanes of at least 4 members (excludes halogenated alkanes) is 8. The van der Waals surface area contributed by atoms with Crippen LogP contribution in [0.1, 0.15) is 104 Å². The Morgan fingerprint density at radius 1 is 0.848 bits per heavy atom. The van der Waals surface area contributed by atoms with Crippen LogP contribution in [-0.4, -0.2) is 97.5 Å². The van der Waals surface area contributed by atoms with Crippen LogP contribution in [0.25, 0.3) is 0 Å². The lowest BCUT2D eigenvalue weighted by Crippen LogP contribution is -2.60. The molecule has 12 nitrogen and oxygen atoms in total. The summed E-state index contributed by atoms with van der Waals surface area (Å²) in [6, 6.07) is 0. The van der Waals surface area contributed by atoms with E-state index in [9.17, 15) is 28.5 Å². The van der Waals surface area contributed by atoms with Crippen LogP contribution in [0.15, 0.2) is 36.5 Å². The highest BCUT2D eigenvalue weighted by Crippen LogP contribution is 2.26. The summed E-state index contributed by atoms with van der Waals surface area (Å²) in [5.74, 6) is -0.424. The first kappa shape index (κ1) is 42.3. The SMILES string of the molecule is CC/C=C\C/C=C\C/C=C\CCCCCCOCC(COC1OC(CO)C(O)C(OS(=O)(=O)O)C1O)OC(=O)CCCCCCC. The standard InChI is InChI=1S/C33H58O12S/c1-3-5-7-9-10-11-12-13-14-15-16-17-19-21-23-41-25-27(43-29(35)22-20-18-8-6-4-2)26-42-33-31(37)32(45-46(38,39)40)30(36)28(24-34)44-33/h5,7,10-11,13-14,27-28,30-34,36-37H,3-4,6,8-9,12,15-26H2,1-2H3,(H,38,39,40)/b7-5-,11-10-,14-13-. The Morgan fingerprint density at radius 2 is 1.50 bits per heavy atom. The fraction of sp³-hybridized carbons (Fsp3) is 0.788. The number of carbonyl (C=O) groups is 1. The molecular weight excluding hydrogens is 620 g/mol. The van der Waals surface area contributed by atoms with Gasteiger partial charge in [0.15, 0.2) is 6.29 Å². The van der Waals surface area contributed by atoms with Gasteiger partial charge in [-0.15, -0.1) is 0 Å². The third kappa shape index (κ3) is 20.5. The number of rotatable bonds is 27. The lowest BCUT2D eigenvalue weighted by atomic mass is 9.99. The molecule has 1 heterocycles. The molecule has 6 unspecified atom stereocenters. The van der Waals surface area contributed by atoms with Gasteiger partial charge in [0.2, 0.25) is 0 Å². The molecule has 0 radical (unpaired) electrons. The maximum absolute atomic E-state index is 12.5. The van der Waals surface area contributed by atoms with Gasteiger partial charge in [-0.3, -0.25) is 9.35 Å². The van der Waals surface area contributed by atoms with Gasteiger partial charge in [0.05, 0.1) is 19.8 Å². The average Bonchev–Trinajstić information content (AvgIpc) is 3.01. The predicted molar refractivity (Wildman–Crippen MR) is 174 cm³/mol. The monoisotopic (exact) mass is 678 g/mol. The van der Waals surface area contributed by atoms with Gasteiger partial charge in [-0.1, -0.05) is 88.8 Å². The van der Waals surface area contributed by atoms with Crippen LogP contribution in [0.5, 0.6) is 0 Å². The van der Waals surface area contributed by atoms with Crippen LogP contribution < -0.4 is 0 Å². The fourth-order valence-electron chi connectivity index (χ4n) is 4.74. The lowest BCUT2D eigenvalue weighted by Gasteiger charge is -2.41. The van der Waals surface area contributed by atoms with E-state index in [0.717, 1.165) is 77.0 Å². The zero-order valence-corrected chi connectivity index (χ0v) is 28.4. The Morgan fingerprint density at radius 3 is 2.17 bits per heavy atom. The lowest BCUT2D eigenvalue weighted by molar-refractivity contribution is -0.301. The summed E-state index contributed by atoms with van der Waals surface area (Å²) in [5.41, 5.74) is 0. The number of aliphatic hydroxyl groups excluding tert-OH is 3. The van der Waals surface area contributed by atoms with Crippen LogP contribution >= 0.6 is 0 Å².